The average molecular weight is 657 g/mol. The van der Waals surface area contributed by atoms with Crippen molar-refractivity contribution < 1.29 is 40.3 Å². The summed E-state index contributed by atoms with van der Waals surface area (Å²) in [6.07, 6.45) is -4.21. The summed E-state index contributed by atoms with van der Waals surface area (Å²) >= 11 is 0. The van der Waals surface area contributed by atoms with Crippen LogP contribution in [0.5, 0.6) is 0 Å². The summed E-state index contributed by atoms with van der Waals surface area (Å²) in [7, 11) is 0. The molecule has 13 heteroatoms. The number of nitrogens with one attached hydrogen (secondary N) is 2. The van der Waals surface area contributed by atoms with Gasteiger partial charge in [0, 0.05) is 26.2 Å². The molecule has 1 aliphatic carbocycles. The molecule has 2 heterocycles. The molecule has 0 aromatic heterocycles. The van der Waals surface area contributed by atoms with Crippen LogP contribution in [0, 0.1) is 17.2 Å². The second kappa shape index (κ2) is 13.9. The Morgan fingerprint density at radius 1 is 0.804 bits per heavy atom. The molecule has 1 saturated carbocycles. The molecule has 2 aliphatic heterocycles. The van der Waals surface area contributed by atoms with Crippen molar-refractivity contribution in [1.29, 1.82) is 0 Å². The van der Waals surface area contributed by atoms with Crippen molar-refractivity contribution in [3.63, 3.8) is 0 Å². The molecule has 2 aromatic carbocycles. The van der Waals surface area contributed by atoms with Crippen molar-refractivity contribution in [2.75, 3.05) is 39.3 Å². The maximum atomic E-state index is 14.9. The lowest BCUT2D eigenvalue weighted by molar-refractivity contribution is -0.143. The number of hydrogen-bond donors (Lipinski definition) is 2. The Morgan fingerprint density at radius 3 is 2.00 bits per heavy atom. The Morgan fingerprint density at radius 2 is 1.43 bits per heavy atom. The van der Waals surface area contributed by atoms with Gasteiger partial charge in [-0.15, -0.1) is 0 Å². The largest absolute Gasteiger partial charge is 0.416 e. The van der Waals surface area contributed by atoms with Crippen molar-refractivity contribution in [3.8, 4) is 0 Å². The fourth-order valence-corrected chi connectivity index (χ4v) is 6.56. The van der Waals surface area contributed by atoms with Gasteiger partial charge < -0.3 is 15.5 Å². The number of piperidine rings is 1. The lowest BCUT2D eigenvalue weighted by atomic mass is 9.73. The van der Waals surface area contributed by atoms with Gasteiger partial charge >= 0.3 is 12.4 Å². The Balaban J connectivity index is 1.17. The molecular weight excluding hydrogens is 617 g/mol. The molecule has 2 aromatic rings. The van der Waals surface area contributed by atoms with Gasteiger partial charge in [0.1, 0.15) is 5.82 Å². The van der Waals surface area contributed by atoms with Crippen LogP contribution >= 0.6 is 0 Å². The van der Waals surface area contributed by atoms with Crippen LogP contribution in [0.1, 0.15) is 77.6 Å². The first kappa shape index (κ1) is 34.2. The second-order valence-corrected chi connectivity index (χ2v) is 12.9. The molecule has 0 radical (unpaired) electrons. The van der Waals surface area contributed by atoms with Crippen LogP contribution < -0.4 is 10.6 Å². The molecule has 0 bridgehead atoms. The third kappa shape index (κ3) is 8.78. The SMILES string of the molecule is O=C(NCCN1CCCC1)c1ccc(CN2CCC(CC3CC3)(C(=O)NCc3cc(C(F)(F)F)cc(C(F)(F)F)c3)CC2)cc1F. The van der Waals surface area contributed by atoms with Gasteiger partial charge in [0.05, 0.1) is 22.1 Å². The van der Waals surface area contributed by atoms with E-state index in [1.807, 2.05) is 0 Å². The maximum absolute atomic E-state index is 14.9. The number of rotatable bonds is 11. The van der Waals surface area contributed by atoms with E-state index in [1.54, 1.807) is 6.07 Å². The molecule has 252 valence electrons. The molecule has 6 nitrogen and oxygen atoms in total. The monoisotopic (exact) mass is 656 g/mol. The van der Waals surface area contributed by atoms with E-state index >= 15 is 0 Å². The standard InChI is InChI=1S/C33H39F7N4O2/c34-28-17-23(5-6-27(28)29(45)41-9-14-43-10-1-2-11-43)21-44-12-7-31(8-13-44,19-22-3-4-22)30(46)42-20-24-15-25(32(35,36)37)18-26(16-24)33(38,39)40/h5-6,15-18,22H,1-4,7-14,19-21H2,(H,41,45)(H,42,46). The lowest BCUT2D eigenvalue weighted by Gasteiger charge is -2.41. The molecule has 0 atom stereocenters. The van der Waals surface area contributed by atoms with Gasteiger partial charge in [-0.2, -0.15) is 26.3 Å². The third-order valence-electron chi connectivity index (χ3n) is 9.37. The molecule has 46 heavy (non-hydrogen) atoms. The van der Waals surface area contributed by atoms with E-state index in [0.29, 0.717) is 69.1 Å². The van der Waals surface area contributed by atoms with Gasteiger partial charge in [-0.3, -0.25) is 14.5 Å². The van der Waals surface area contributed by atoms with E-state index in [9.17, 15) is 40.3 Å². The summed E-state index contributed by atoms with van der Waals surface area (Å²) in [5.41, 5.74) is -3.26. The third-order valence-corrected chi connectivity index (χ3v) is 9.37. The van der Waals surface area contributed by atoms with Crippen LogP contribution in [0.3, 0.4) is 0 Å². The number of carbonyl (C=O) groups is 2. The summed E-state index contributed by atoms with van der Waals surface area (Å²) in [6.45, 7) is 4.13. The molecular formula is C33H39F7N4O2. The Bertz CT molecular complexity index is 1360. The highest BCUT2D eigenvalue weighted by Gasteiger charge is 2.45. The van der Waals surface area contributed by atoms with E-state index in [0.717, 1.165) is 45.3 Å². The fraction of sp³-hybridized carbons (Fsp3) is 0.576. The van der Waals surface area contributed by atoms with Gasteiger partial charge in [0.25, 0.3) is 5.91 Å². The van der Waals surface area contributed by atoms with Gasteiger partial charge in [0.2, 0.25) is 5.91 Å². The number of halogens is 7. The minimum atomic E-state index is -4.97. The highest BCUT2D eigenvalue weighted by atomic mass is 19.4. The molecule has 0 unspecified atom stereocenters. The Hall–Kier alpha value is -3.19. The molecule has 2 N–H and O–H groups in total. The zero-order valence-electron chi connectivity index (χ0n) is 25.5. The van der Waals surface area contributed by atoms with Gasteiger partial charge in [-0.1, -0.05) is 18.9 Å². The van der Waals surface area contributed by atoms with E-state index in [4.69, 9.17) is 0 Å². The number of carbonyl (C=O) groups excluding carboxylic acids is 2. The van der Waals surface area contributed by atoms with Crippen molar-refractivity contribution >= 4 is 11.8 Å². The van der Waals surface area contributed by atoms with Crippen LogP contribution in [0.15, 0.2) is 36.4 Å². The van der Waals surface area contributed by atoms with E-state index in [1.165, 1.54) is 12.1 Å². The van der Waals surface area contributed by atoms with E-state index in [2.05, 4.69) is 20.4 Å². The molecule has 3 fully saturated rings. The van der Waals surface area contributed by atoms with Crippen molar-refractivity contribution in [2.45, 2.75) is 70.4 Å². The van der Waals surface area contributed by atoms with E-state index in [-0.39, 0.29) is 23.1 Å². The molecule has 3 aliphatic rings. The molecule has 5 rings (SSSR count). The summed E-state index contributed by atoms with van der Waals surface area (Å²) in [6, 6.07) is 5.87. The van der Waals surface area contributed by atoms with Crippen LogP contribution in [0.25, 0.3) is 0 Å². The predicted octanol–water partition coefficient (Wildman–Crippen LogP) is 6.39. The van der Waals surface area contributed by atoms with Gasteiger partial charge in [-0.25, -0.2) is 4.39 Å². The van der Waals surface area contributed by atoms with Crippen LogP contribution in [-0.2, 0) is 30.2 Å². The van der Waals surface area contributed by atoms with Crippen LogP contribution in [0.2, 0.25) is 0 Å². The van der Waals surface area contributed by atoms with Crippen molar-refractivity contribution in [3.05, 3.63) is 70.0 Å². The first-order chi connectivity index (χ1) is 21.7. The minimum absolute atomic E-state index is 0.0212. The van der Waals surface area contributed by atoms with E-state index < -0.39 is 47.2 Å². The maximum Gasteiger partial charge on any atom is 0.416 e. The first-order valence-electron chi connectivity index (χ1n) is 15.8. The van der Waals surface area contributed by atoms with Gasteiger partial charge in [-0.05, 0) is 106 Å². The minimum Gasteiger partial charge on any atom is -0.352 e. The Labute approximate surface area is 263 Å². The highest BCUT2D eigenvalue weighted by Crippen LogP contribution is 2.46. The zero-order valence-corrected chi connectivity index (χ0v) is 25.5. The molecule has 2 saturated heterocycles. The predicted molar refractivity (Wildman–Crippen MR) is 157 cm³/mol. The molecule has 2 amide bonds. The summed E-state index contributed by atoms with van der Waals surface area (Å²) in [5.74, 6) is -1.10. The highest BCUT2D eigenvalue weighted by molar-refractivity contribution is 5.94. The summed E-state index contributed by atoms with van der Waals surface area (Å²) in [5, 5.41) is 5.41. The first-order valence-corrected chi connectivity index (χ1v) is 15.8. The van der Waals surface area contributed by atoms with Crippen LogP contribution in [-0.4, -0.2) is 60.9 Å². The number of alkyl halides is 6. The summed E-state index contributed by atoms with van der Waals surface area (Å²) in [4.78, 5) is 30.4. The normalized spacial score (nSPS) is 19.3. The topological polar surface area (TPSA) is 64.7 Å². The number of likely N-dealkylation sites (tertiary alicyclic amines) is 2. The van der Waals surface area contributed by atoms with Crippen molar-refractivity contribution in [1.82, 2.24) is 20.4 Å². The number of benzene rings is 2. The van der Waals surface area contributed by atoms with Crippen LogP contribution in [0.4, 0.5) is 30.7 Å². The molecule has 0 spiro atoms. The lowest BCUT2D eigenvalue weighted by Crippen LogP contribution is -2.48. The average Bonchev–Trinajstić information content (AvgIpc) is 3.65. The number of amides is 2. The number of nitrogens with zero attached hydrogens (tertiary/aromatic N) is 2. The fourth-order valence-electron chi connectivity index (χ4n) is 6.56. The quantitative estimate of drug-likeness (QED) is 0.276. The Kier molecular flexibility index (Phi) is 10.3. The number of hydrogen-bond acceptors (Lipinski definition) is 4. The zero-order chi connectivity index (χ0) is 33.1. The second-order valence-electron chi connectivity index (χ2n) is 12.9. The summed E-state index contributed by atoms with van der Waals surface area (Å²) < 4.78 is 94.7. The smallest absolute Gasteiger partial charge is 0.352 e. The van der Waals surface area contributed by atoms with Gasteiger partial charge in [0.15, 0.2) is 0 Å². The van der Waals surface area contributed by atoms with Crippen molar-refractivity contribution in [2.24, 2.45) is 11.3 Å².